The Morgan fingerprint density at radius 3 is 2.67 bits per heavy atom. The van der Waals surface area contributed by atoms with Gasteiger partial charge in [0.1, 0.15) is 22.5 Å². The monoisotopic (exact) mass is 583 g/mol. The van der Waals surface area contributed by atoms with Crippen molar-refractivity contribution in [2.24, 2.45) is 10.9 Å². The highest BCUT2D eigenvalue weighted by Gasteiger charge is 2.21. The van der Waals surface area contributed by atoms with Crippen LogP contribution in [0.4, 0.5) is 16.2 Å². The third-order valence-corrected chi connectivity index (χ3v) is 8.30. The highest BCUT2D eigenvalue weighted by molar-refractivity contribution is 7.92. The predicted molar refractivity (Wildman–Crippen MR) is 154 cm³/mol. The predicted octanol–water partition coefficient (Wildman–Crippen LogP) is 4.54. The number of anilines is 1. The van der Waals surface area contributed by atoms with E-state index in [1.165, 1.54) is 24.4 Å². The molecule has 1 fully saturated rings. The number of nitrogens with zero attached hydrogens (tertiary/aromatic N) is 5. The van der Waals surface area contributed by atoms with Gasteiger partial charge in [-0.25, -0.2) is 27.8 Å². The third kappa shape index (κ3) is 5.88. The van der Waals surface area contributed by atoms with Crippen molar-refractivity contribution in [1.82, 2.24) is 24.8 Å². The first-order chi connectivity index (χ1) is 19.1. The summed E-state index contributed by atoms with van der Waals surface area (Å²) in [6, 6.07) is 10.6. The number of piperidine rings is 1. The lowest BCUT2D eigenvalue weighted by Crippen LogP contribution is -2.37. The van der Waals surface area contributed by atoms with Crippen molar-refractivity contribution in [2.45, 2.75) is 37.4 Å². The smallest absolute Gasteiger partial charge is 0.264 e. The summed E-state index contributed by atoms with van der Waals surface area (Å²) < 4.78 is 43.1. The van der Waals surface area contributed by atoms with Gasteiger partial charge >= 0.3 is 0 Å². The largest absolute Gasteiger partial charge is 0.313 e. The molecule has 40 heavy (non-hydrogen) atoms. The Bertz CT molecular complexity index is 1740. The van der Waals surface area contributed by atoms with Crippen LogP contribution in [0.1, 0.15) is 26.3 Å². The maximum atomic E-state index is 13.7. The maximum Gasteiger partial charge on any atom is 0.264 e. The highest BCUT2D eigenvalue weighted by Crippen LogP contribution is 2.26. The Hall–Kier alpha value is -3.74. The van der Waals surface area contributed by atoms with Gasteiger partial charge in [-0.15, -0.1) is 0 Å². The number of pyridine rings is 2. The van der Waals surface area contributed by atoms with Crippen LogP contribution in [-0.2, 0) is 10.0 Å². The molecule has 1 aliphatic heterocycles. The molecular weight excluding hydrogens is 557 g/mol. The summed E-state index contributed by atoms with van der Waals surface area (Å²) in [6.07, 6.45) is 4.14. The van der Waals surface area contributed by atoms with Gasteiger partial charge < -0.3 is 5.32 Å². The SMILES string of the molecule is CC(C)n1c(=O)c(-c2ccc(NS(=O)(=O)c3ccccc3Cl)nc2)cc2cnc(N=CC3CNC[C@@H](F)C3)nc21. The standard InChI is InChI=1S/C27H27ClFN7O3S/c1-16(2)36-25-19(14-33-27(34-25)32-12-17-9-20(29)15-30-11-17)10-21(26(36)37)18-7-8-24(31-13-18)35-40(38,39)23-6-4-3-5-22(23)28/h3-8,10,12-14,16-17,20,30H,9,11,15H2,1-2H3,(H,31,35)/t17?,20-/m0/s1. The molecule has 13 heteroatoms. The van der Waals surface area contributed by atoms with Crippen molar-refractivity contribution in [3.05, 3.63) is 70.2 Å². The van der Waals surface area contributed by atoms with E-state index in [-0.39, 0.29) is 39.2 Å². The van der Waals surface area contributed by atoms with Gasteiger partial charge in [0.25, 0.3) is 21.5 Å². The molecule has 1 saturated heterocycles. The van der Waals surface area contributed by atoms with Gasteiger partial charge in [-0.05, 0) is 50.6 Å². The van der Waals surface area contributed by atoms with Crippen LogP contribution in [0.3, 0.4) is 0 Å². The normalized spacial score (nSPS) is 18.0. The van der Waals surface area contributed by atoms with Gasteiger partial charge in [0.05, 0.1) is 5.02 Å². The van der Waals surface area contributed by atoms with Crippen molar-refractivity contribution < 1.29 is 12.8 Å². The van der Waals surface area contributed by atoms with Crippen LogP contribution in [0.5, 0.6) is 0 Å². The second-order valence-electron chi connectivity index (χ2n) is 9.77. The zero-order valence-corrected chi connectivity index (χ0v) is 23.3. The molecule has 0 amide bonds. The fourth-order valence-electron chi connectivity index (χ4n) is 4.53. The number of alkyl halides is 1. The number of sulfonamides is 1. The molecule has 0 bridgehead atoms. The molecule has 3 aromatic heterocycles. The fraction of sp³-hybridized carbons (Fsp3) is 0.296. The maximum absolute atomic E-state index is 13.7. The zero-order chi connectivity index (χ0) is 28.4. The van der Waals surface area contributed by atoms with Crippen molar-refractivity contribution in [1.29, 1.82) is 0 Å². The lowest BCUT2D eigenvalue weighted by Gasteiger charge is -2.22. The van der Waals surface area contributed by atoms with E-state index in [0.717, 1.165) is 0 Å². The van der Waals surface area contributed by atoms with E-state index in [1.807, 2.05) is 13.8 Å². The zero-order valence-electron chi connectivity index (χ0n) is 21.8. The summed E-state index contributed by atoms with van der Waals surface area (Å²) in [5, 5.41) is 3.74. The molecule has 4 aromatic rings. The van der Waals surface area contributed by atoms with E-state index in [4.69, 9.17) is 11.6 Å². The number of benzene rings is 1. The average Bonchev–Trinajstić information content (AvgIpc) is 2.92. The fourth-order valence-corrected chi connectivity index (χ4v) is 6.06. The van der Waals surface area contributed by atoms with Crippen LogP contribution in [-0.4, -0.2) is 53.4 Å². The Balaban J connectivity index is 1.45. The average molecular weight is 584 g/mol. The molecule has 1 unspecified atom stereocenters. The first kappa shape index (κ1) is 27.8. The number of hydrogen-bond donors (Lipinski definition) is 2. The van der Waals surface area contributed by atoms with Crippen molar-refractivity contribution >= 4 is 50.6 Å². The van der Waals surface area contributed by atoms with Crippen LogP contribution in [0.25, 0.3) is 22.2 Å². The Labute approximate surface area is 235 Å². The molecule has 0 spiro atoms. The third-order valence-electron chi connectivity index (χ3n) is 6.45. The number of nitrogens with one attached hydrogen (secondary N) is 2. The number of hydrogen-bond acceptors (Lipinski definition) is 8. The first-order valence-electron chi connectivity index (χ1n) is 12.7. The number of aliphatic imine (C=N–C) groups is 1. The minimum Gasteiger partial charge on any atom is -0.313 e. The van der Waals surface area contributed by atoms with E-state index < -0.39 is 16.2 Å². The van der Waals surface area contributed by atoms with Gasteiger partial charge in [-0.3, -0.25) is 14.1 Å². The minimum atomic E-state index is -3.96. The number of aromatic nitrogens is 4. The van der Waals surface area contributed by atoms with Gasteiger partial charge in [-0.2, -0.15) is 4.98 Å². The van der Waals surface area contributed by atoms with Gasteiger partial charge in [0.2, 0.25) is 0 Å². The highest BCUT2D eigenvalue weighted by atomic mass is 35.5. The van der Waals surface area contributed by atoms with Gasteiger partial charge in [0.15, 0.2) is 0 Å². The van der Waals surface area contributed by atoms with Gasteiger partial charge in [-0.1, -0.05) is 23.7 Å². The lowest BCUT2D eigenvalue weighted by molar-refractivity contribution is 0.246. The van der Waals surface area contributed by atoms with Crippen LogP contribution in [0, 0.1) is 5.92 Å². The van der Waals surface area contributed by atoms with Crippen molar-refractivity contribution in [3.63, 3.8) is 0 Å². The summed E-state index contributed by atoms with van der Waals surface area (Å²) in [5.74, 6) is 0.195. The second-order valence-corrected chi connectivity index (χ2v) is 11.8. The molecule has 2 atom stereocenters. The summed E-state index contributed by atoms with van der Waals surface area (Å²) >= 11 is 6.04. The molecule has 2 N–H and O–H groups in total. The van der Waals surface area contributed by atoms with Crippen molar-refractivity contribution in [3.8, 4) is 11.1 Å². The number of rotatable bonds is 7. The van der Waals surface area contributed by atoms with Crippen LogP contribution in [0.15, 0.2) is 69.5 Å². The van der Waals surface area contributed by atoms with E-state index in [9.17, 15) is 17.6 Å². The summed E-state index contributed by atoms with van der Waals surface area (Å²) in [4.78, 5) is 30.9. The lowest BCUT2D eigenvalue weighted by atomic mass is 10.00. The molecular formula is C27H27ClFN7O3S. The van der Waals surface area contributed by atoms with Crippen LogP contribution < -0.4 is 15.6 Å². The Morgan fingerprint density at radius 2 is 1.98 bits per heavy atom. The molecule has 5 rings (SSSR count). The number of fused-ring (bicyclic) bond motifs is 1. The van der Waals surface area contributed by atoms with E-state index in [0.29, 0.717) is 41.7 Å². The number of halogens is 2. The summed E-state index contributed by atoms with van der Waals surface area (Å²) in [7, 11) is -3.96. The molecule has 1 aromatic carbocycles. The molecule has 0 radical (unpaired) electrons. The van der Waals surface area contributed by atoms with E-state index in [1.54, 1.807) is 41.2 Å². The topological polar surface area (TPSA) is 131 Å². The van der Waals surface area contributed by atoms with E-state index in [2.05, 4.69) is 30.0 Å². The second kappa shape index (κ2) is 11.4. The molecule has 10 nitrogen and oxygen atoms in total. The Morgan fingerprint density at radius 1 is 1.18 bits per heavy atom. The molecule has 208 valence electrons. The quantitative estimate of drug-likeness (QED) is 0.305. The molecule has 4 heterocycles. The summed E-state index contributed by atoms with van der Waals surface area (Å²) in [5.41, 5.74) is 0.984. The molecule has 0 saturated carbocycles. The molecule has 0 aliphatic carbocycles. The Kier molecular flexibility index (Phi) is 7.92. The minimum absolute atomic E-state index is 0.0670. The van der Waals surface area contributed by atoms with Crippen LogP contribution >= 0.6 is 11.6 Å². The first-order valence-corrected chi connectivity index (χ1v) is 14.5. The molecule has 1 aliphatic rings. The van der Waals surface area contributed by atoms with Crippen molar-refractivity contribution in [2.75, 3.05) is 17.8 Å². The van der Waals surface area contributed by atoms with Gasteiger partial charge in [0, 0.05) is 60.2 Å². The van der Waals surface area contributed by atoms with Crippen LogP contribution in [0.2, 0.25) is 5.02 Å². The van der Waals surface area contributed by atoms with E-state index >= 15 is 0 Å². The summed E-state index contributed by atoms with van der Waals surface area (Å²) in [6.45, 7) is 4.72.